The number of fused-ring (bicyclic) bond motifs is 1. The minimum Gasteiger partial charge on any atom is -0.256 e. The van der Waals surface area contributed by atoms with Gasteiger partial charge in [0.1, 0.15) is 0 Å². The quantitative estimate of drug-likeness (QED) is 0.202. The maximum atomic E-state index is 5.00. The molecule has 5 aromatic carbocycles. The van der Waals surface area contributed by atoms with Gasteiger partial charge in [0.05, 0.1) is 11.4 Å². The summed E-state index contributed by atoms with van der Waals surface area (Å²) in [4.78, 5) is 9.76. The fourth-order valence-corrected chi connectivity index (χ4v) is 6.12. The fraction of sp³-hybridized carbons (Fsp3) is 0.116. The maximum absolute atomic E-state index is 5.00. The number of pyridine rings is 2. The minimum atomic E-state index is 0.0537. The minimum absolute atomic E-state index is 0.0537. The van der Waals surface area contributed by atoms with E-state index in [1.807, 2.05) is 12.3 Å². The molecule has 0 aliphatic rings. The highest BCUT2D eigenvalue weighted by atomic mass is 14.7. The summed E-state index contributed by atoms with van der Waals surface area (Å²) in [5.41, 5.74) is 13.9. The van der Waals surface area contributed by atoms with Crippen molar-refractivity contribution in [1.82, 2.24) is 9.97 Å². The lowest BCUT2D eigenvalue weighted by molar-refractivity contribution is 0.589. The first kappa shape index (κ1) is 28.4. The highest BCUT2D eigenvalue weighted by Crippen LogP contribution is 2.40. The van der Waals surface area contributed by atoms with Gasteiger partial charge in [0.25, 0.3) is 0 Å². The Morgan fingerprint density at radius 2 is 1.11 bits per heavy atom. The van der Waals surface area contributed by atoms with Gasteiger partial charge >= 0.3 is 0 Å². The molecular formula is C43H36N2. The number of hydrogen-bond acceptors (Lipinski definition) is 2. The molecule has 0 saturated carbocycles. The molecular weight excluding hydrogens is 544 g/mol. The molecule has 0 bridgehead atoms. The lowest BCUT2D eigenvalue weighted by atomic mass is 9.86. The van der Waals surface area contributed by atoms with Crippen molar-refractivity contribution in [3.05, 3.63) is 157 Å². The van der Waals surface area contributed by atoms with Crippen molar-refractivity contribution in [2.75, 3.05) is 0 Å². The highest BCUT2D eigenvalue weighted by molar-refractivity contribution is 6.06. The van der Waals surface area contributed by atoms with Gasteiger partial charge in [0.2, 0.25) is 0 Å². The second-order valence-corrected chi connectivity index (χ2v) is 12.8. The van der Waals surface area contributed by atoms with E-state index in [0.29, 0.717) is 0 Å². The number of benzene rings is 5. The molecule has 0 aliphatic heterocycles. The van der Waals surface area contributed by atoms with Crippen LogP contribution in [-0.2, 0) is 5.41 Å². The first-order chi connectivity index (χ1) is 21.8. The standard InChI is InChI=1S/C43H36N2/c1-29-18-19-32(30-12-7-5-8-13-30)25-38(29)37-21-20-36(39-27-42(45-28-40(37)39)31-14-9-6-10-15-31)33-16-11-17-34(24-33)41-26-35(22-23-44-41)43(2,3)4/h5-28H,1-4H3. The third-order valence-corrected chi connectivity index (χ3v) is 8.70. The number of aromatic nitrogens is 2. The van der Waals surface area contributed by atoms with Gasteiger partial charge in [-0.25, -0.2) is 0 Å². The number of nitrogens with zero attached hydrogens (tertiary/aromatic N) is 2. The van der Waals surface area contributed by atoms with Crippen LogP contribution in [0, 0.1) is 6.92 Å². The van der Waals surface area contributed by atoms with Crippen LogP contribution in [0.3, 0.4) is 0 Å². The number of aryl methyl sites for hydroxylation is 1. The van der Waals surface area contributed by atoms with Crippen LogP contribution < -0.4 is 0 Å². The molecule has 0 saturated heterocycles. The lowest BCUT2D eigenvalue weighted by Crippen LogP contribution is -2.11. The summed E-state index contributed by atoms with van der Waals surface area (Å²) in [5.74, 6) is 0. The van der Waals surface area contributed by atoms with Gasteiger partial charge in [-0.05, 0) is 92.6 Å². The van der Waals surface area contributed by atoms with Crippen molar-refractivity contribution in [3.8, 4) is 55.9 Å². The van der Waals surface area contributed by atoms with Crippen molar-refractivity contribution in [3.63, 3.8) is 0 Å². The third kappa shape index (κ3) is 5.68. The van der Waals surface area contributed by atoms with Gasteiger partial charge in [-0.15, -0.1) is 0 Å². The molecule has 0 radical (unpaired) electrons. The maximum Gasteiger partial charge on any atom is 0.0708 e. The van der Waals surface area contributed by atoms with Crippen molar-refractivity contribution >= 4 is 10.8 Å². The Hall–Kier alpha value is -5.34. The van der Waals surface area contributed by atoms with E-state index in [2.05, 4.69) is 161 Å². The predicted molar refractivity (Wildman–Crippen MR) is 190 cm³/mol. The van der Waals surface area contributed by atoms with E-state index in [-0.39, 0.29) is 5.41 Å². The van der Waals surface area contributed by atoms with Gasteiger partial charge in [-0.2, -0.15) is 0 Å². The SMILES string of the molecule is Cc1ccc(-c2ccccc2)cc1-c1ccc(-c2cccc(-c3cc(C(C)(C)C)ccn3)c2)c2cc(-c3ccccc3)ncc12. The Bertz CT molecular complexity index is 2140. The molecule has 45 heavy (non-hydrogen) atoms. The summed E-state index contributed by atoms with van der Waals surface area (Å²) in [7, 11) is 0. The van der Waals surface area contributed by atoms with Crippen molar-refractivity contribution in [2.45, 2.75) is 33.1 Å². The zero-order valence-corrected chi connectivity index (χ0v) is 26.3. The van der Waals surface area contributed by atoms with E-state index in [1.165, 1.54) is 44.3 Å². The summed E-state index contributed by atoms with van der Waals surface area (Å²) >= 11 is 0. The first-order valence-corrected chi connectivity index (χ1v) is 15.6. The molecule has 2 aromatic heterocycles. The first-order valence-electron chi connectivity index (χ1n) is 15.6. The van der Waals surface area contributed by atoms with Crippen molar-refractivity contribution in [2.24, 2.45) is 0 Å². The summed E-state index contributed by atoms with van der Waals surface area (Å²) in [6.07, 6.45) is 3.99. The summed E-state index contributed by atoms with van der Waals surface area (Å²) in [5, 5.41) is 2.32. The average Bonchev–Trinajstić information content (AvgIpc) is 3.08. The van der Waals surface area contributed by atoms with Crippen LogP contribution in [-0.4, -0.2) is 9.97 Å². The van der Waals surface area contributed by atoms with Crippen LogP contribution in [0.15, 0.2) is 146 Å². The van der Waals surface area contributed by atoms with Crippen molar-refractivity contribution in [1.29, 1.82) is 0 Å². The Labute approximate surface area is 266 Å². The molecule has 2 heterocycles. The van der Waals surface area contributed by atoms with E-state index in [1.54, 1.807) is 0 Å². The third-order valence-electron chi connectivity index (χ3n) is 8.70. The second-order valence-electron chi connectivity index (χ2n) is 12.8. The highest BCUT2D eigenvalue weighted by Gasteiger charge is 2.17. The molecule has 7 rings (SSSR count). The van der Waals surface area contributed by atoms with Gasteiger partial charge in [-0.3, -0.25) is 9.97 Å². The van der Waals surface area contributed by atoms with Crippen LogP contribution in [0.5, 0.6) is 0 Å². The Kier molecular flexibility index (Phi) is 7.35. The average molecular weight is 581 g/mol. The predicted octanol–water partition coefficient (Wildman–Crippen LogP) is 11.6. The molecule has 2 heteroatoms. The van der Waals surface area contributed by atoms with E-state index in [9.17, 15) is 0 Å². The van der Waals surface area contributed by atoms with Crippen LogP contribution >= 0.6 is 0 Å². The summed E-state index contributed by atoms with van der Waals surface area (Å²) in [6, 6.07) is 47.7. The second kappa shape index (κ2) is 11.6. The Morgan fingerprint density at radius 1 is 0.444 bits per heavy atom. The zero-order chi connectivity index (χ0) is 31.0. The monoisotopic (exact) mass is 580 g/mol. The molecule has 0 amide bonds. The normalized spacial score (nSPS) is 11.6. The molecule has 0 atom stereocenters. The number of hydrogen-bond donors (Lipinski definition) is 0. The van der Waals surface area contributed by atoms with E-state index >= 15 is 0 Å². The van der Waals surface area contributed by atoms with Gasteiger partial charge in [-0.1, -0.05) is 124 Å². The fourth-order valence-electron chi connectivity index (χ4n) is 6.12. The van der Waals surface area contributed by atoms with E-state index in [0.717, 1.165) is 33.5 Å². The van der Waals surface area contributed by atoms with Gasteiger partial charge in [0, 0.05) is 28.9 Å². The molecule has 0 spiro atoms. The largest absolute Gasteiger partial charge is 0.256 e. The van der Waals surface area contributed by atoms with Crippen LogP contribution in [0.1, 0.15) is 31.9 Å². The van der Waals surface area contributed by atoms with Crippen LogP contribution in [0.2, 0.25) is 0 Å². The molecule has 2 nitrogen and oxygen atoms in total. The molecule has 0 unspecified atom stereocenters. The Balaban J connectivity index is 1.42. The van der Waals surface area contributed by atoms with Crippen molar-refractivity contribution < 1.29 is 0 Å². The molecule has 7 aromatic rings. The summed E-state index contributed by atoms with van der Waals surface area (Å²) < 4.78 is 0. The van der Waals surface area contributed by atoms with Gasteiger partial charge in [0.15, 0.2) is 0 Å². The molecule has 0 fully saturated rings. The van der Waals surface area contributed by atoms with E-state index in [4.69, 9.17) is 9.97 Å². The van der Waals surface area contributed by atoms with Crippen LogP contribution in [0.25, 0.3) is 66.7 Å². The van der Waals surface area contributed by atoms with E-state index < -0.39 is 0 Å². The lowest BCUT2D eigenvalue weighted by Gasteiger charge is -2.19. The van der Waals surface area contributed by atoms with Gasteiger partial charge < -0.3 is 0 Å². The molecule has 0 N–H and O–H groups in total. The zero-order valence-electron chi connectivity index (χ0n) is 26.3. The Morgan fingerprint density at radius 3 is 1.87 bits per heavy atom. The number of rotatable bonds is 5. The smallest absolute Gasteiger partial charge is 0.0708 e. The molecule has 218 valence electrons. The summed E-state index contributed by atoms with van der Waals surface area (Å²) in [6.45, 7) is 8.92. The topological polar surface area (TPSA) is 25.8 Å². The molecule has 0 aliphatic carbocycles. The van der Waals surface area contributed by atoms with Crippen LogP contribution in [0.4, 0.5) is 0 Å².